The SMILES string of the molecule is Cc1cc2c3ccccc3ccc2c2cc3ccccc3cc12. The van der Waals surface area contributed by atoms with Gasteiger partial charge in [0.25, 0.3) is 0 Å². The van der Waals surface area contributed by atoms with Crippen LogP contribution < -0.4 is 0 Å². The minimum absolute atomic E-state index is 1.31. The van der Waals surface area contributed by atoms with Crippen LogP contribution in [0.4, 0.5) is 0 Å². The number of hydrogen-bond donors (Lipinski definition) is 0. The maximum absolute atomic E-state index is 2.34. The second-order valence-corrected chi connectivity index (χ2v) is 6.32. The molecule has 0 aliphatic rings. The molecule has 0 N–H and O–H groups in total. The molecule has 0 atom stereocenters. The summed E-state index contributed by atoms with van der Waals surface area (Å²) in [6.07, 6.45) is 0. The fraction of sp³-hybridized carbons (Fsp3) is 0.0435. The Bertz CT molecular complexity index is 1210. The predicted octanol–water partition coefficient (Wildman–Crippen LogP) is 6.61. The number of fused-ring (bicyclic) bond motifs is 6. The van der Waals surface area contributed by atoms with E-state index in [2.05, 4.69) is 85.8 Å². The molecule has 0 spiro atoms. The summed E-state index contributed by atoms with van der Waals surface area (Å²) >= 11 is 0. The highest BCUT2D eigenvalue weighted by atomic mass is 14.1. The van der Waals surface area contributed by atoms with Gasteiger partial charge in [0.05, 0.1) is 0 Å². The summed E-state index contributed by atoms with van der Waals surface area (Å²) < 4.78 is 0. The number of hydrogen-bond acceptors (Lipinski definition) is 0. The van der Waals surface area contributed by atoms with Gasteiger partial charge in [-0.25, -0.2) is 0 Å². The van der Waals surface area contributed by atoms with Crippen LogP contribution in [0.5, 0.6) is 0 Å². The molecule has 0 aliphatic carbocycles. The molecule has 0 saturated carbocycles. The van der Waals surface area contributed by atoms with Crippen molar-refractivity contribution in [2.24, 2.45) is 0 Å². The quantitative estimate of drug-likeness (QED) is 0.222. The van der Waals surface area contributed by atoms with Gasteiger partial charge >= 0.3 is 0 Å². The van der Waals surface area contributed by atoms with E-state index in [-0.39, 0.29) is 0 Å². The lowest BCUT2D eigenvalue weighted by molar-refractivity contribution is 1.57. The van der Waals surface area contributed by atoms with E-state index < -0.39 is 0 Å². The van der Waals surface area contributed by atoms with Crippen LogP contribution in [-0.2, 0) is 0 Å². The molecule has 23 heavy (non-hydrogen) atoms. The molecule has 0 saturated heterocycles. The van der Waals surface area contributed by atoms with E-state index in [0.717, 1.165) is 0 Å². The summed E-state index contributed by atoms with van der Waals surface area (Å²) in [6.45, 7) is 2.22. The Morgan fingerprint density at radius 2 is 1.04 bits per heavy atom. The van der Waals surface area contributed by atoms with Crippen LogP contribution in [0, 0.1) is 6.92 Å². The first-order chi connectivity index (χ1) is 11.3. The Balaban J connectivity index is 2.06. The molecule has 0 fully saturated rings. The van der Waals surface area contributed by atoms with Gasteiger partial charge < -0.3 is 0 Å². The highest BCUT2D eigenvalue weighted by Gasteiger charge is 2.08. The van der Waals surface area contributed by atoms with Gasteiger partial charge in [0, 0.05) is 0 Å². The Morgan fingerprint density at radius 3 is 1.83 bits per heavy atom. The lowest BCUT2D eigenvalue weighted by Crippen LogP contribution is -1.85. The first kappa shape index (κ1) is 12.7. The number of aryl methyl sites for hydroxylation is 1. The minimum atomic E-state index is 1.31. The molecule has 0 aromatic heterocycles. The van der Waals surface area contributed by atoms with Crippen LogP contribution in [0.1, 0.15) is 5.56 Å². The van der Waals surface area contributed by atoms with Crippen molar-refractivity contribution in [1.29, 1.82) is 0 Å². The first-order valence-electron chi connectivity index (χ1n) is 8.05. The van der Waals surface area contributed by atoms with Crippen LogP contribution >= 0.6 is 0 Å². The maximum atomic E-state index is 2.34. The third-order valence-corrected chi connectivity index (χ3v) is 4.93. The summed E-state index contributed by atoms with van der Waals surface area (Å²) in [5.41, 5.74) is 1.34. The zero-order valence-electron chi connectivity index (χ0n) is 13.0. The molecule has 0 bridgehead atoms. The fourth-order valence-corrected chi connectivity index (χ4v) is 3.77. The van der Waals surface area contributed by atoms with Crippen LogP contribution in [0.3, 0.4) is 0 Å². The summed E-state index contributed by atoms with van der Waals surface area (Å²) in [4.78, 5) is 0. The van der Waals surface area contributed by atoms with Gasteiger partial charge in [0.1, 0.15) is 0 Å². The van der Waals surface area contributed by atoms with Crippen LogP contribution in [0.15, 0.2) is 78.9 Å². The molecule has 5 aromatic carbocycles. The van der Waals surface area contributed by atoms with Crippen molar-refractivity contribution in [1.82, 2.24) is 0 Å². The first-order valence-corrected chi connectivity index (χ1v) is 8.05. The molecule has 0 amide bonds. The monoisotopic (exact) mass is 292 g/mol. The molecule has 0 aliphatic heterocycles. The van der Waals surface area contributed by atoms with Crippen molar-refractivity contribution < 1.29 is 0 Å². The van der Waals surface area contributed by atoms with Gasteiger partial charge in [-0.1, -0.05) is 66.7 Å². The zero-order valence-corrected chi connectivity index (χ0v) is 13.0. The van der Waals surface area contributed by atoms with E-state index in [1.165, 1.54) is 48.7 Å². The number of rotatable bonds is 0. The average Bonchev–Trinajstić information content (AvgIpc) is 2.60. The molecule has 0 heteroatoms. The summed E-state index contributed by atoms with van der Waals surface area (Å²) in [6, 6.07) is 28.8. The van der Waals surface area contributed by atoms with E-state index in [1.54, 1.807) is 0 Å². The molecular weight excluding hydrogens is 276 g/mol. The highest BCUT2D eigenvalue weighted by molar-refractivity contribution is 6.20. The van der Waals surface area contributed by atoms with Crippen LogP contribution in [0.25, 0.3) is 43.1 Å². The van der Waals surface area contributed by atoms with E-state index >= 15 is 0 Å². The Labute approximate surface area is 135 Å². The Morgan fingerprint density at radius 1 is 0.435 bits per heavy atom. The maximum Gasteiger partial charge on any atom is -0.00961 e. The lowest BCUT2D eigenvalue weighted by Gasteiger charge is -2.11. The van der Waals surface area contributed by atoms with E-state index in [0.29, 0.717) is 0 Å². The van der Waals surface area contributed by atoms with E-state index in [1.807, 2.05) is 0 Å². The molecule has 0 heterocycles. The van der Waals surface area contributed by atoms with Gasteiger partial charge in [0.15, 0.2) is 0 Å². The predicted molar refractivity (Wildman–Crippen MR) is 101 cm³/mol. The Kier molecular flexibility index (Phi) is 2.51. The highest BCUT2D eigenvalue weighted by Crippen LogP contribution is 2.35. The van der Waals surface area contributed by atoms with E-state index in [9.17, 15) is 0 Å². The molecule has 5 aromatic rings. The normalized spacial score (nSPS) is 11.7. The van der Waals surface area contributed by atoms with Crippen molar-refractivity contribution in [3.05, 3.63) is 84.4 Å². The minimum Gasteiger partial charge on any atom is -0.0616 e. The standard InChI is InChI=1S/C23H16/c1-15-12-22-19-9-5-4-6-16(19)10-11-20(22)23-14-18-8-3-2-7-17(18)13-21(15)23/h2-14H,1H3. The summed E-state index contributed by atoms with van der Waals surface area (Å²) in [5.74, 6) is 0. The Hall–Kier alpha value is -2.86. The molecule has 0 radical (unpaired) electrons. The summed E-state index contributed by atoms with van der Waals surface area (Å²) in [5, 5.41) is 10.7. The van der Waals surface area contributed by atoms with Gasteiger partial charge in [-0.3, -0.25) is 0 Å². The largest absolute Gasteiger partial charge is 0.0616 e. The van der Waals surface area contributed by atoms with Gasteiger partial charge in [-0.05, 0) is 67.7 Å². The van der Waals surface area contributed by atoms with Gasteiger partial charge in [-0.15, -0.1) is 0 Å². The van der Waals surface area contributed by atoms with Gasteiger partial charge in [0.2, 0.25) is 0 Å². The summed E-state index contributed by atoms with van der Waals surface area (Å²) in [7, 11) is 0. The molecule has 0 nitrogen and oxygen atoms in total. The third-order valence-electron chi connectivity index (χ3n) is 4.93. The second kappa shape index (κ2) is 4.57. The fourth-order valence-electron chi connectivity index (χ4n) is 3.77. The van der Waals surface area contributed by atoms with Crippen molar-refractivity contribution in [3.63, 3.8) is 0 Å². The smallest absolute Gasteiger partial charge is 0.00961 e. The number of benzene rings is 5. The topological polar surface area (TPSA) is 0 Å². The molecule has 0 unspecified atom stereocenters. The molecule has 108 valence electrons. The van der Waals surface area contributed by atoms with Crippen molar-refractivity contribution in [3.8, 4) is 0 Å². The van der Waals surface area contributed by atoms with Crippen molar-refractivity contribution >= 4 is 43.1 Å². The van der Waals surface area contributed by atoms with Crippen LogP contribution in [0.2, 0.25) is 0 Å². The van der Waals surface area contributed by atoms with E-state index in [4.69, 9.17) is 0 Å². The molecular formula is C23H16. The van der Waals surface area contributed by atoms with Crippen LogP contribution in [-0.4, -0.2) is 0 Å². The van der Waals surface area contributed by atoms with Gasteiger partial charge in [-0.2, -0.15) is 0 Å². The molecule has 5 rings (SSSR count). The van der Waals surface area contributed by atoms with Crippen molar-refractivity contribution in [2.45, 2.75) is 6.92 Å². The lowest BCUT2D eigenvalue weighted by atomic mass is 9.92. The average molecular weight is 292 g/mol. The van der Waals surface area contributed by atoms with Crippen molar-refractivity contribution in [2.75, 3.05) is 0 Å². The third kappa shape index (κ3) is 1.78. The second-order valence-electron chi connectivity index (χ2n) is 6.32. The zero-order chi connectivity index (χ0) is 15.4.